The Hall–Kier alpha value is -2.65. The van der Waals surface area contributed by atoms with Crippen LogP contribution in [-0.2, 0) is 9.53 Å². The van der Waals surface area contributed by atoms with Gasteiger partial charge in [0.15, 0.2) is 5.16 Å². The van der Waals surface area contributed by atoms with Crippen molar-refractivity contribution >= 4 is 51.6 Å². The predicted molar refractivity (Wildman–Crippen MR) is 123 cm³/mol. The summed E-state index contributed by atoms with van der Waals surface area (Å²) in [6.07, 6.45) is 5.24. The fraction of sp³-hybridized carbons (Fsp3) is 0.364. The van der Waals surface area contributed by atoms with E-state index in [4.69, 9.17) is 9.72 Å². The number of amides is 1. The number of nitrogens with zero attached hydrogens (tertiary/aromatic N) is 2. The molecule has 0 spiro atoms. The van der Waals surface area contributed by atoms with E-state index in [-0.39, 0.29) is 23.3 Å². The number of hydrogen-bond acceptors (Lipinski definition) is 7. The van der Waals surface area contributed by atoms with E-state index >= 15 is 0 Å². The van der Waals surface area contributed by atoms with Gasteiger partial charge in [-0.05, 0) is 36.4 Å². The molecule has 0 aliphatic heterocycles. The minimum atomic E-state index is -0.486. The molecule has 2 heterocycles. The lowest BCUT2D eigenvalue weighted by atomic mass is 9.95. The Bertz CT molecular complexity index is 1170. The van der Waals surface area contributed by atoms with Crippen LogP contribution in [0.1, 0.15) is 47.8 Å². The highest BCUT2D eigenvalue weighted by Crippen LogP contribution is 2.31. The second-order valence-electron chi connectivity index (χ2n) is 7.37. The third-order valence-electron chi connectivity index (χ3n) is 5.36. The number of methoxy groups -OCH3 is 1. The van der Waals surface area contributed by atoms with E-state index in [1.54, 1.807) is 22.1 Å². The number of carbonyl (C=O) groups is 2. The van der Waals surface area contributed by atoms with Gasteiger partial charge >= 0.3 is 5.97 Å². The molecule has 1 aliphatic carbocycles. The summed E-state index contributed by atoms with van der Waals surface area (Å²) in [4.78, 5) is 42.7. The molecule has 1 fully saturated rings. The number of ether oxygens (including phenoxy) is 1. The van der Waals surface area contributed by atoms with Crippen molar-refractivity contribution in [1.29, 1.82) is 0 Å². The summed E-state index contributed by atoms with van der Waals surface area (Å²) < 4.78 is 6.53. The first-order chi connectivity index (χ1) is 15.1. The SMILES string of the molecule is COC(=O)c1sccc1NC(=O)CSc1nc2ccccc2c(=O)n1C1CCCCC1. The van der Waals surface area contributed by atoms with Crippen LogP contribution in [0.2, 0.25) is 0 Å². The predicted octanol–water partition coefficient (Wildman–Crippen LogP) is 4.48. The first-order valence-electron chi connectivity index (χ1n) is 10.2. The van der Waals surface area contributed by atoms with E-state index in [0.29, 0.717) is 26.6 Å². The van der Waals surface area contributed by atoms with Gasteiger partial charge in [-0.15, -0.1) is 11.3 Å². The van der Waals surface area contributed by atoms with Gasteiger partial charge in [0.25, 0.3) is 5.56 Å². The van der Waals surface area contributed by atoms with Gasteiger partial charge in [-0.2, -0.15) is 0 Å². The van der Waals surface area contributed by atoms with Gasteiger partial charge in [0.2, 0.25) is 5.91 Å². The van der Waals surface area contributed by atoms with Crippen molar-refractivity contribution in [3.05, 3.63) is 50.9 Å². The molecule has 1 saturated carbocycles. The maximum absolute atomic E-state index is 13.3. The number of rotatable bonds is 6. The second kappa shape index (κ2) is 9.65. The topological polar surface area (TPSA) is 90.3 Å². The molecule has 162 valence electrons. The maximum Gasteiger partial charge on any atom is 0.350 e. The third kappa shape index (κ3) is 4.67. The largest absolute Gasteiger partial charge is 0.465 e. The lowest BCUT2D eigenvalue weighted by Crippen LogP contribution is -2.29. The first-order valence-corrected chi connectivity index (χ1v) is 12.0. The van der Waals surface area contributed by atoms with Crippen molar-refractivity contribution in [2.24, 2.45) is 0 Å². The summed E-state index contributed by atoms with van der Waals surface area (Å²) in [6, 6.07) is 9.09. The Labute approximate surface area is 187 Å². The van der Waals surface area contributed by atoms with Crippen LogP contribution in [-0.4, -0.2) is 34.3 Å². The van der Waals surface area contributed by atoms with Crippen molar-refractivity contribution in [2.45, 2.75) is 43.3 Å². The number of hydrogen-bond donors (Lipinski definition) is 1. The zero-order valence-corrected chi connectivity index (χ0v) is 18.8. The summed E-state index contributed by atoms with van der Waals surface area (Å²) in [5.74, 6) is -0.681. The first kappa shape index (κ1) is 21.6. The number of fused-ring (bicyclic) bond motifs is 1. The van der Waals surface area contributed by atoms with Crippen molar-refractivity contribution in [3.63, 3.8) is 0 Å². The summed E-state index contributed by atoms with van der Waals surface area (Å²) >= 11 is 2.46. The molecule has 0 radical (unpaired) electrons. The Kier molecular flexibility index (Phi) is 6.72. The van der Waals surface area contributed by atoms with Gasteiger partial charge in [-0.1, -0.05) is 43.2 Å². The van der Waals surface area contributed by atoms with Gasteiger partial charge in [0.05, 0.1) is 29.5 Å². The number of aromatic nitrogens is 2. The molecular formula is C22H23N3O4S2. The van der Waals surface area contributed by atoms with Crippen LogP contribution in [0.5, 0.6) is 0 Å². The molecule has 1 aromatic carbocycles. The standard InChI is InChI=1S/C22H23N3O4S2/c1-29-21(28)19-17(11-12-30-19)23-18(26)13-31-22-24-16-10-6-5-9-15(16)20(27)25(22)14-7-3-2-4-8-14/h5-6,9-12,14H,2-4,7-8,13H2,1H3,(H,23,26). The molecule has 7 nitrogen and oxygen atoms in total. The fourth-order valence-corrected chi connectivity index (χ4v) is 5.50. The Morgan fingerprint density at radius 2 is 2.00 bits per heavy atom. The van der Waals surface area contributed by atoms with Crippen molar-refractivity contribution in [2.75, 3.05) is 18.2 Å². The molecule has 0 atom stereocenters. The molecule has 1 amide bonds. The van der Waals surface area contributed by atoms with E-state index in [9.17, 15) is 14.4 Å². The molecule has 3 aromatic rings. The number of benzene rings is 1. The molecule has 0 saturated heterocycles. The normalized spacial score (nSPS) is 14.5. The third-order valence-corrected chi connectivity index (χ3v) is 7.20. The van der Waals surface area contributed by atoms with E-state index in [2.05, 4.69) is 5.32 Å². The summed E-state index contributed by atoms with van der Waals surface area (Å²) in [7, 11) is 1.30. The number of esters is 1. The van der Waals surface area contributed by atoms with Crippen LogP contribution >= 0.6 is 23.1 Å². The van der Waals surface area contributed by atoms with Gasteiger partial charge in [0, 0.05) is 6.04 Å². The van der Waals surface area contributed by atoms with Crippen molar-refractivity contribution < 1.29 is 14.3 Å². The highest BCUT2D eigenvalue weighted by Gasteiger charge is 2.23. The summed E-state index contributed by atoms with van der Waals surface area (Å²) in [5, 5.41) is 5.64. The molecule has 1 aliphatic rings. The quantitative estimate of drug-likeness (QED) is 0.333. The van der Waals surface area contributed by atoms with Gasteiger partial charge < -0.3 is 10.1 Å². The lowest BCUT2D eigenvalue weighted by Gasteiger charge is -2.26. The Morgan fingerprint density at radius 3 is 2.77 bits per heavy atom. The zero-order valence-electron chi connectivity index (χ0n) is 17.1. The van der Waals surface area contributed by atoms with Gasteiger partial charge in [-0.3, -0.25) is 14.2 Å². The van der Waals surface area contributed by atoms with Gasteiger partial charge in [0.1, 0.15) is 4.88 Å². The zero-order chi connectivity index (χ0) is 21.8. The Balaban J connectivity index is 1.57. The molecule has 0 unspecified atom stereocenters. The molecule has 1 N–H and O–H groups in total. The molecule has 0 bridgehead atoms. The van der Waals surface area contributed by atoms with Crippen molar-refractivity contribution in [1.82, 2.24) is 9.55 Å². The summed E-state index contributed by atoms with van der Waals surface area (Å²) in [5.41, 5.74) is 1.01. The molecule has 4 rings (SSSR count). The van der Waals surface area contributed by atoms with Crippen LogP contribution in [0.4, 0.5) is 5.69 Å². The van der Waals surface area contributed by atoms with E-state index < -0.39 is 5.97 Å². The van der Waals surface area contributed by atoms with Gasteiger partial charge in [-0.25, -0.2) is 9.78 Å². The highest BCUT2D eigenvalue weighted by atomic mass is 32.2. The number of carbonyl (C=O) groups excluding carboxylic acids is 2. The maximum atomic E-state index is 13.3. The fourth-order valence-electron chi connectivity index (χ4n) is 3.86. The van der Waals surface area contributed by atoms with Crippen LogP contribution < -0.4 is 10.9 Å². The van der Waals surface area contributed by atoms with Crippen molar-refractivity contribution in [3.8, 4) is 0 Å². The number of para-hydroxylation sites is 1. The average Bonchev–Trinajstić information content (AvgIpc) is 3.26. The number of thiophene rings is 1. The second-order valence-corrected chi connectivity index (χ2v) is 9.23. The monoisotopic (exact) mass is 457 g/mol. The van der Waals surface area contributed by atoms with E-state index in [1.165, 1.54) is 36.6 Å². The van der Waals surface area contributed by atoms with Crippen LogP contribution in [0.25, 0.3) is 10.9 Å². The van der Waals surface area contributed by atoms with Crippen LogP contribution in [0.15, 0.2) is 45.7 Å². The number of thioether (sulfide) groups is 1. The number of anilines is 1. The minimum absolute atomic E-state index is 0.0498. The smallest absolute Gasteiger partial charge is 0.350 e. The average molecular weight is 458 g/mol. The molecule has 31 heavy (non-hydrogen) atoms. The van der Waals surface area contributed by atoms with Crippen LogP contribution in [0.3, 0.4) is 0 Å². The number of nitrogens with one attached hydrogen (secondary N) is 1. The minimum Gasteiger partial charge on any atom is -0.465 e. The molecule has 2 aromatic heterocycles. The molecule has 9 heteroatoms. The molecular weight excluding hydrogens is 434 g/mol. The van der Waals surface area contributed by atoms with Crippen LogP contribution in [0, 0.1) is 0 Å². The summed E-state index contributed by atoms with van der Waals surface area (Å²) in [6.45, 7) is 0. The Morgan fingerprint density at radius 1 is 1.23 bits per heavy atom. The lowest BCUT2D eigenvalue weighted by molar-refractivity contribution is -0.113. The van der Waals surface area contributed by atoms with E-state index in [0.717, 1.165) is 25.7 Å². The van der Waals surface area contributed by atoms with E-state index in [1.807, 2.05) is 18.2 Å². The highest BCUT2D eigenvalue weighted by molar-refractivity contribution is 7.99.